The average Bonchev–Trinajstić information content (AvgIpc) is 2.77. The first kappa shape index (κ1) is 24.7. The average molecular weight is 478 g/mol. The fourth-order valence-electron chi connectivity index (χ4n) is 2.64. The predicted octanol–water partition coefficient (Wildman–Crippen LogP) is 4.86. The van der Waals surface area contributed by atoms with Crippen molar-refractivity contribution in [2.24, 2.45) is 5.41 Å². The van der Waals surface area contributed by atoms with Crippen LogP contribution in [0.1, 0.15) is 25.2 Å². The number of alkyl halides is 5. The Morgan fingerprint density at radius 1 is 1.03 bits per heavy atom. The van der Waals surface area contributed by atoms with Gasteiger partial charge >= 0.3 is 6.18 Å². The van der Waals surface area contributed by atoms with Gasteiger partial charge in [-0.25, -0.2) is 13.8 Å². The van der Waals surface area contributed by atoms with Gasteiger partial charge < -0.3 is 10.6 Å². The summed E-state index contributed by atoms with van der Waals surface area (Å²) < 4.78 is 64.7. The van der Waals surface area contributed by atoms with Gasteiger partial charge in [0.25, 0.3) is 0 Å². The van der Waals surface area contributed by atoms with E-state index in [-0.39, 0.29) is 35.7 Å². The van der Waals surface area contributed by atoms with Crippen LogP contribution in [0.25, 0.3) is 11.5 Å². The Kier molecular flexibility index (Phi) is 7.19. The Balaban J connectivity index is 1.99. The molecule has 0 saturated carbocycles. The van der Waals surface area contributed by atoms with Gasteiger partial charge in [-0.05, 0) is 38.1 Å². The minimum atomic E-state index is -4.67. The summed E-state index contributed by atoms with van der Waals surface area (Å²) in [5.41, 5.74) is -1.60. The van der Waals surface area contributed by atoms with E-state index in [4.69, 9.17) is 0 Å². The highest BCUT2D eigenvalue weighted by Gasteiger charge is 2.32. The minimum Gasteiger partial charge on any atom is -0.352 e. The number of anilines is 3. The maximum Gasteiger partial charge on any atom is 0.433 e. The number of nitrogens with one attached hydrogen (secondary N) is 2. The molecule has 0 fully saturated rings. The van der Waals surface area contributed by atoms with E-state index < -0.39 is 30.1 Å². The molecule has 0 saturated heterocycles. The van der Waals surface area contributed by atoms with Crippen LogP contribution in [0.5, 0.6) is 0 Å². The van der Waals surface area contributed by atoms with Gasteiger partial charge in [-0.1, -0.05) is 6.07 Å². The second kappa shape index (κ2) is 9.90. The first-order valence-electron chi connectivity index (χ1n) is 9.91. The SMILES string of the molecule is CC(C)(C#N)CNc1nc(Nc2ccnc(CC(F)F)c2)nc(-c2cccc(C(F)(F)F)n2)n1. The lowest BCUT2D eigenvalue weighted by Crippen LogP contribution is -2.22. The third-order valence-corrected chi connectivity index (χ3v) is 4.33. The van der Waals surface area contributed by atoms with E-state index in [1.165, 1.54) is 30.5 Å². The summed E-state index contributed by atoms with van der Waals surface area (Å²) in [6.07, 6.45) is -6.48. The fourth-order valence-corrected chi connectivity index (χ4v) is 2.64. The highest BCUT2D eigenvalue weighted by Crippen LogP contribution is 2.29. The van der Waals surface area contributed by atoms with Crippen molar-refractivity contribution in [1.29, 1.82) is 5.26 Å². The van der Waals surface area contributed by atoms with Gasteiger partial charge in [-0.2, -0.15) is 33.4 Å². The lowest BCUT2D eigenvalue weighted by Gasteiger charge is -2.16. The van der Waals surface area contributed by atoms with Crippen LogP contribution in [0.2, 0.25) is 0 Å². The molecule has 0 amide bonds. The summed E-state index contributed by atoms with van der Waals surface area (Å²) in [6.45, 7) is 3.49. The summed E-state index contributed by atoms with van der Waals surface area (Å²) in [6, 6.07) is 8.28. The molecule has 0 radical (unpaired) electrons. The number of halogens is 5. The molecule has 0 unspecified atom stereocenters. The molecule has 0 aliphatic rings. The molecular formula is C21H19F5N8. The van der Waals surface area contributed by atoms with E-state index in [2.05, 4.69) is 41.6 Å². The molecule has 34 heavy (non-hydrogen) atoms. The van der Waals surface area contributed by atoms with E-state index in [0.29, 0.717) is 5.69 Å². The van der Waals surface area contributed by atoms with Gasteiger partial charge in [0.15, 0.2) is 5.82 Å². The van der Waals surface area contributed by atoms with Gasteiger partial charge in [-0.15, -0.1) is 0 Å². The molecule has 3 heterocycles. The van der Waals surface area contributed by atoms with Crippen molar-refractivity contribution < 1.29 is 22.0 Å². The quantitative estimate of drug-likeness (QED) is 0.442. The van der Waals surface area contributed by atoms with Gasteiger partial charge in [0.1, 0.15) is 11.4 Å². The van der Waals surface area contributed by atoms with Crippen molar-refractivity contribution >= 4 is 17.6 Å². The van der Waals surface area contributed by atoms with Crippen molar-refractivity contribution in [3.63, 3.8) is 0 Å². The van der Waals surface area contributed by atoms with E-state index in [9.17, 15) is 27.2 Å². The fraction of sp³-hybridized carbons (Fsp3) is 0.333. The van der Waals surface area contributed by atoms with Crippen LogP contribution in [-0.4, -0.2) is 37.9 Å². The summed E-state index contributed by atoms with van der Waals surface area (Å²) in [7, 11) is 0. The molecule has 0 aromatic carbocycles. The Morgan fingerprint density at radius 3 is 2.44 bits per heavy atom. The van der Waals surface area contributed by atoms with Crippen LogP contribution in [-0.2, 0) is 12.6 Å². The van der Waals surface area contributed by atoms with Crippen LogP contribution >= 0.6 is 0 Å². The summed E-state index contributed by atoms with van der Waals surface area (Å²) >= 11 is 0. The maximum atomic E-state index is 13.1. The molecular weight excluding hydrogens is 459 g/mol. The lowest BCUT2D eigenvalue weighted by atomic mass is 9.96. The van der Waals surface area contributed by atoms with E-state index >= 15 is 0 Å². The normalized spacial score (nSPS) is 11.9. The van der Waals surface area contributed by atoms with Gasteiger partial charge in [0, 0.05) is 24.1 Å². The molecule has 0 aliphatic heterocycles. The first-order chi connectivity index (χ1) is 15.9. The highest BCUT2D eigenvalue weighted by atomic mass is 19.4. The van der Waals surface area contributed by atoms with Crippen LogP contribution in [0.15, 0.2) is 36.5 Å². The third kappa shape index (κ3) is 6.77. The molecule has 0 bridgehead atoms. The predicted molar refractivity (Wildman–Crippen MR) is 113 cm³/mol. The van der Waals surface area contributed by atoms with E-state index in [1.54, 1.807) is 13.8 Å². The lowest BCUT2D eigenvalue weighted by molar-refractivity contribution is -0.141. The molecule has 3 aromatic rings. The van der Waals surface area contributed by atoms with Crippen LogP contribution in [0.4, 0.5) is 39.5 Å². The van der Waals surface area contributed by atoms with E-state index in [1.807, 2.05) is 0 Å². The summed E-state index contributed by atoms with van der Waals surface area (Å²) in [5.74, 6) is -0.254. The summed E-state index contributed by atoms with van der Waals surface area (Å²) in [5, 5.41) is 14.9. The van der Waals surface area contributed by atoms with Crippen molar-refractivity contribution in [3.05, 3.63) is 47.9 Å². The zero-order chi connectivity index (χ0) is 24.9. The number of hydrogen-bond donors (Lipinski definition) is 2. The smallest absolute Gasteiger partial charge is 0.352 e. The molecule has 2 N–H and O–H groups in total. The Bertz CT molecular complexity index is 1190. The van der Waals surface area contributed by atoms with Crippen molar-refractivity contribution in [2.45, 2.75) is 32.9 Å². The Morgan fingerprint density at radius 2 is 1.76 bits per heavy atom. The molecule has 3 aromatic heterocycles. The standard InChI is InChI=1S/C21H19F5N8/c1-20(2,10-27)11-29-18-32-17(14-4-3-5-15(31-14)21(24,25)26)33-19(34-18)30-12-6-7-28-13(8-12)9-16(22)23/h3-8,16H,9,11H2,1-2H3,(H2,28,29,30,32,33,34). The van der Waals surface area contributed by atoms with Crippen LogP contribution in [0.3, 0.4) is 0 Å². The Labute approximate surface area is 191 Å². The number of nitrogens with zero attached hydrogens (tertiary/aromatic N) is 6. The van der Waals surface area contributed by atoms with Gasteiger partial charge in [0.05, 0.1) is 17.9 Å². The molecule has 0 atom stereocenters. The Hall–Kier alpha value is -3.95. The zero-order valence-electron chi connectivity index (χ0n) is 18.0. The monoisotopic (exact) mass is 478 g/mol. The van der Waals surface area contributed by atoms with Gasteiger partial charge in [-0.3, -0.25) is 4.98 Å². The number of hydrogen-bond acceptors (Lipinski definition) is 8. The first-order valence-corrected chi connectivity index (χ1v) is 9.91. The van der Waals surface area contributed by atoms with E-state index in [0.717, 1.165) is 6.07 Å². The number of nitriles is 1. The largest absolute Gasteiger partial charge is 0.433 e. The molecule has 0 spiro atoms. The van der Waals surface area contributed by atoms with Crippen LogP contribution in [0, 0.1) is 16.7 Å². The van der Waals surface area contributed by atoms with Crippen LogP contribution < -0.4 is 10.6 Å². The number of aromatic nitrogens is 5. The molecule has 0 aliphatic carbocycles. The molecule has 178 valence electrons. The van der Waals surface area contributed by atoms with Crippen molar-refractivity contribution in [3.8, 4) is 17.6 Å². The van der Waals surface area contributed by atoms with Crippen molar-refractivity contribution in [2.75, 3.05) is 17.2 Å². The zero-order valence-corrected chi connectivity index (χ0v) is 18.0. The number of rotatable bonds is 8. The molecule has 8 nitrogen and oxygen atoms in total. The highest BCUT2D eigenvalue weighted by molar-refractivity contribution is 5.59. The van der Waals surface area contributed by atoms with Gasteiger partial charge in [0.2, 0.25) is 18.3 Å². The minimum absolute atomic E-state index is 0.0168. The van der Waals surface area contributed by atoms with Crippen molar-refractivity contribution in [1.82, 2.24) is 24.9 Å². The topological polar surface area (TPSA) is 112 Å². The second-order valence-electron chi connectivity index (χ2n) is 7.82. The third-order valence-electron chi connectivity index (χ3n) is 4.33. The molecule has 3 rings (SSSR count). The summed E-state index contributed by atoms with van der Waals surface area (Å²) in [4.78, 5) is 19.9. The second-order valence-corrected chi connectivity index (χ2v) is 7.82. The number of pyridine rings is 2. The maximum absolute atomic E-state index is 13.1. The molecule has 13 heteroatoms.